The molecule has 2 aromatic rings. The lowest BCUT2D eigenvalue weighted by atomic mass is 9.85. The van der Waals surface area contributed by atoms with Crippen LogP contribution in [0.5, 0.6) is 0 Å². The van der Waals surface area contributed by atoms with Gasteiger partial charge in [-0.25, -0.2) is 9.37 Å². The van der Waals surface area contributed by atoms with Gasteiger partial charge in [0, 0.05) is 12.1 Å². The Labute approximate surface area is 139 Å². The molecule has 0 spiro atoms. The van der Waals surface area contributed by atoms with E-state index in [4.69, 9.17) is 0 Å². The Morgan fingerprint density at radius 1 is 1.22 bits per heavy atom. The predicted molar refractivity (Wildman–Crippen MR) is 88.2 cm³/mol. The highest BCUT2D eigenvalue weighted by Gasteiger charge is 2.44. The summed E-state index contributed by atoms with van der Waals surface area (Å²) in [5, 5.41) is 0. The standard InChI is InChI=1S/C18H19FN2OS/c1-11-17(23-10-20-11)18(22)21-15-6-7-16(21)9-13(8-15)12-2-4-14(19)5-3-12/h2-5,10,13,15-16H,6-9H2,1H3. The van der Waals surface area contributed by atoms with Crippen LogP contribution in [0.25, 0.3) is 0 Å². The third-order valence-corrected chi connectivity index (χ3v) is 6.17. The second kappa shape index (κ2) is 5.71. The van der Waals surface area contributed by atoms with Crippen LogP contribution in [0.3, 0.4) is 0 Å². The maximum absolute atomic E-state index is 13.1. The minimum atomic E-state index is -0.190. The van der Waals surface area contributed by atoms with Crippen LogP contribution in [0, 0.1) is 12.7 Å². The molecule has 120 valence electrons. The van der Waals surface area contributed by atoms with Crippen LogP contribution in [0.1, 0.15) is 52.5 Å². The lowest BCUT2D eigenvalue weighted by Crippen LogP contribution is -2.46. The van der Waals surface area contributed by atoms with Crippen molar-refractivity contribution in [3.8, 4) is 0 Å². The molecule has 0 N–H and O–H groups in total. The summed E-state index contributed by atoms with van der Waals surface area (Å²) in [5.74, 6) is 0.389. The molecule has 1 aromatic heterocycles. The Morgan fingerprint density at radius 3 is 2.43 bits per heavy atom. The number of benzene rings is 1. The minimum absolute atomic E-state index is 0.148. The Balaban J connectivity index is 1.55. The molecule has 4 rings (SSSR count). The number of hydrogen-bond donors (Lipinski definition) is 0. The van der Waals surface area contributed by atoms with Crippen molar-refractivity contribution in [2.75, 3.05) is 0 Å². The van der Waals surface area contributed by atoms with Crippen molar-refractivity contribution in [1.82, 2.24) is 9.88 Å². The van der Waals surface area contributed by atoms with Gasteiger partial charge in [0.25, 0.3) is 5.91 Å². The summed E-state index contributed by atoms with van der Waals surface area (Å²) in [7, 11) is 0. The molecule has 2 fully saturated rings. The molecular weight excluding hydrogens is 311 g/mol. The van der Waals surface area contributed by atoms with Crippen molar-refractivity contribution in [3.05, 3.63) is 51.7 Å². The first-order valence-electron chi connectivity index (χ1n) is 8.11. The van der Waals surface area contributed by atoms with Crippen molar-refractivity contribution in [1.29, 1.82) is 0 Å². The lowest BCUT2D eigenvalue weighted by molar-refractivity contribution is 0.0575. The molecule has 2 aliphatic rings. The quantitative estimate of drug-likeness (QED) is 0.829. The molecule has 1 amide bonds. The highest BCUT2D eigenvalue weighted by atomic mass is 32.1. The van der Waals surface area contributed by atoms with Crippen molar-refractivity contribution in [3.63, 3.8) is 0 Å². The van der Waals surface area contributed by atoms with Crippen LogP contribution in [0.2, 0.25) is 0 Å². The Kier molecular flexibility index (Phi) is 3.68. The molecule has 1 aromatic carbocycles. The Morgan fingerprint density at radius 2 is 1.87 bits per heavy atom. The number of hydrogen-bond acceptors (Lipinski definition) is 3. The number of amides is 1. The molecular formula is C18H19FN2OS. The fourth-order valence-electron chi connectivity index (χ4n) is 4.14. The zero-order valence-corrected chi connectivity index (χ0v) is 13.9. The third-order valence-electron chi connectivity index (χ3n) is 5.25. The summed E-state index contributed by atoms with van der Waals surface area (Å²) in [6, 6.07) is 7.47. The third kappa shape index (κ3) is 2.57. The Hall–Kier alpha value is -1.75. The number of halogens is 1. The number of rotatable bonds is 2. The number of aryl methyl sites for hydroxylation is 1. The number of piperidine rings is 1. The van der Waals surface area contributed by atoms with E-state index in [-0.39, 0.29) is 11.7 Å². The van der Waals surface area contributed by atoms with E-state index < -0.39 is 0 Å². The molecule has 0 saturated carbocycles. The average Bonchev–Trinajstić information content (AvgIpc) is 3.08. The van der Waals surface area contributed by atoms with E-state index in [1.54, 1.807) is 5.51 Å². The zero-order valence-electron chi connectivity index (χ0n) is 13.0. The second-order valence-electron chi connectivity index (χ2n) is 6.58. The fraction of sp³-hybridized carbons (Fsp3) is 0.444. The number of aromatic nitrogens is 1. The lowest BCUT2D eigenvalue weighted by Gasteiger charge is -2.39. The first-order chi connectivity index (χ1) is 11.1. The minimum Gasteiger partial charge on any atom is -0.332 e. The molecule has 2 atom stereocenters. The van der Waals surface area contributed by atoms with Crippen LogP contribution in [-0.4, -0.2) is 27.9 Å². The number of carbonyl (C=O) groups excluding carboxylic acids is 1. The van der Waals surface area contributed by atoms with Gasteiger partial charge in [-0.1, -0.05) is 12.1 Å². The van der Waals surface area contributed by atoms with Gasteiger partial charge < -0.3 is 4.90 Å². The fourth-order valence-corrected chi connectivity index (χ4v) is 4.89. The SMILES string of the molecule is Cc1ncsc1C(=O)N1C2CCC1CC(c1ccc(F)cc1)C2. The number of thiazole rings is 1. The largest absolute Gasteiger partial charge is 0.332 e. The van der Waals surface area contributed by atoms with Crippen LogP contribution in [0.15, 0.2) is 29.8 Å². The maximum Gasteiger partial charge on any atom is 0.266 e. The van der Waals surface area contributed by atoms with E-state index in [2.05, 4.69) is 9.88 Å². The van der Waals surface area contributed by atoms with Crippen molar-refractivity contribution >= 4 is 17.2 Å². The van der Waals surface area contributed by atoms with E-state index in [0.29, 0.717) is 18.0 Å². The van der Waals surface area contributed by atoms with Crippen molar-refractivity contribution < 1.29 is 9.18 Å². The number of carbonyl (C=O) groups is 1. The molecule has 2 aliphatic heterocycles. The molecule has 2 bridgehead atoms. The van der Waals surface area contributed by atoms with E-state index in [1.807, 2.05) is 19.1 Å². The normalized spacial score (nSPS) is 26.5. The van der Waals surface area contributed by atoms with Gasteiger partial charge >= 0.3 is 0 Å². The second-order valence-corrected chi connectivity index (χ2v) is 7.44. The number of fused-ring (bicyclic) bond motifs is 2. The summed E-state index contributed by atoms with van der Waals surface area (Å²) >= 11 is 1.44. The summed E-state index contributed by atoms with van der Waals surface area (Å²) in [6.45, 7) is 1.90. The predicted octanol–water partition coefficient (Wildman–Crippen LogP) is 4.14. The van der Waals surface area contributed by atoms with Gasteiger partial charge in [-0.05, 0) is 56.2 Å². The highest BCUT2D eigenvalue weighted by molar-refractivity contribution is 7.11. The number of nitrogens with zero attached hydrogens (tertiary/aromatic N) is 2. The first kappa shape index (κ1) is 14.8. The van der Waals surface area contributed by atoms with Gasteiger partial charge in [0.1, 0.15) is 10.7 Å². The van der Waals surface area contributed by atoms with Gasteiger partial charge in [0.05, 0.1) is 11.2 Å². The van der Waals surface area contributed by atoms with E-state index >= 15 is 0 Å². The molecule has 0 radical (unpaired) electrons. The molecule has 3 nitrogen and oxygen atoms in total. The summed E-state index contributed by atoms with van der Waals surface area (Å²) in [5.41, 5.74) is 3.78. The summed E-state index contributed by atoms with van der Waals surface area (Å²) in [4.78, 5) is 20.0. The smallest absolute Gasteiger partial charge is 0.266 e. The van der Waals surface area contributed by atoms with Crippen molar-refractivity contribution in [2.24, 2.45) is 0 Å². The van der Waals surface area contributed by atoms with Crippen LogP contribution in [0.4, 0.5) is 4.39 Å². The summed E-state index contributed by atoms with van der Waals surface area (Å²) in [6.07, 6.45) is 4.11. The average molecular weight is 330 g/mol. The van der Waals surface area contributed by atoms with Crippen LogP contribution in [-0.2, 0) is 0 Å². The van der Waals surface area contributed by atoms with Gasteiger partial charge in [0.15, 0.2) is 0 Å². The maximum atomic E-state index is 13.1. The molecule has 23 heavy (non-hydrogen) atoms. The van der Waals surface area contributed by atoms with Gasteiger partial charge in [0.2, 0.25) is 0 Å². The molecule has 3 heterocycles. The van der Waals surface area contributed by atoms with E-state index in [0.717, 1.165) is 36.3 Å². The van der Waals surface area contributed by atoms with E-state index in [1.165, 1.54) is 29.0 Å². The Bertz CT molecular complexity index is 713. The zero-order chi connectivity index (χ0) is 16.0. The summed E-state index contributed by atoms with van der Waals surface area (Å²) < 4.78 is 13.1. The van der Waals surface area contributed by atoms with E-state index in [9.17, 15) is 9.18 Å². The monoisotopic (exact) mass is 330 g/mol. The molecule has 5 heteroatoms. The van der Waals surface area contributed by atoms with Gasteiger partial charge in [-0.2, -0.15) is 0 Å². The van der Waals surface area contributed by atoms with Crippen LogP contribution >= 0.6 is 11.3 Å². The molecule has 2 unspecified atom stereocenters. The topological polar surface area (TPSA) is 33.2 Å². The molecule has 2 saturated heterocycles. The van der Waals surface area contributed by atoms with Crippen molar-refractivity contribution in [2.45, 2.75) is 50.6 Å². The van der Waals surface area contributed by atoms with Crippen LogP contribution < -0.4 is 0 Å². The van der Waals surface area contributed by atoms with Gasteiger partial charge in [-0.3, -0.25) is 4.79 Å². The van der Waals surface area contributed by atoms with Gasteiger partial charge in [-0.15, -0.1) is 11.3 Å². The molecule has 0 aliphatic carbocycles. The first-order valence-corrected chi connectivity index (χ1v) is 8.99. The highest BCUT2D eigenvalue weighted by Crippen LogP contribution is 2.44.